The summed E-state index contributed by atoms with van der Waals surface area (Å²) in [5.41, 5.74) is 4.64. The predicted octanol–water partition coefficient (Wildman–Crippen LogP) is 2.75. The molecule has 0 bridgehead atoms. The third kappa shape index (κ3) is 7.51. The lowest BCUT2D eigenvalue weighted by molar-refractivity contribution is -0.145. The molecule has 47 heavy (non-hydrogen) atoms. The van der Waals surface area contributed by atoms with Crippen LogP contribution in [0.5, 0.6) is 0 Å². The topological polar surface area (TPSA) is 181 Å². The summed E-state index contributed by atoms with van der Waals surface area (Å²) in [4.78, 5) is 85.7. The molecule has 0 radical (unpaired) electrons. The lowest BCUT2D eigenvalue weighted by atomic mass is 9.81. The molecule has 0 aromatic carbocycles. The Kier molecular flexibility index (Phi) is 9.80. The fourth-order valence-corrected chi connectivity index (χ4v) is 7.82. The quantitative estimate of drug-likeness (QED) is 0.198. The molecule has 256 valence electrons. The summed E-state index contributed by atoms with van der Waals surface area (Å²) in [5, 5.41) is 8.54. The highest BCUT2D eigenvalue weighted by molar-refractivity contribution is 6.37. The van der Waals surface area contributed by atoms with E-state index in [1.807, 2.05) is 20.8 Å². The number of ketones is 2. The van der Waals surface area contributed by atoms with E-state index in [1.165, 1.54) is 4.90 Å². The first-order valence-corrected chi connectivity index (χ1v) is 17.1. The second kappa shape index (κ2) is 13.4. The van der Waals surface area contributed by atoms with Crippen molar-refractivity contribution in [1.82, 2.24) is 25.8 Å². The lowest BCUT2D eigenvalue weighted by Crippen LogP contribution is -2.62. The summed E-state index contributed by atoms with van der Waals surface area (Å²) in [6, 6.07) is 0.722. The number of nitrogens with one attached hydrogen (secondary N) is 3. The molecule has 4 aliphatic rings. The van der Waals surface area contributed by atoms with Crippen LogP contribution in [-0.2, 0) is 19.2 Å². The highest BCUT2D eigenvalue weighted by atomic mass is 16.2. The van der Waals surface area contributed by atoms with Crippen molar-refractivity contribution in [1.29, 1.82) is 0 Å². The molecule has 12 heteroatoms. The molecule has 5 amide bonds. The van der Waals surface area contributed by atoms with Gasteiger partial charge in [-0.1, -0.05) is 72.8 Å². The van der Waals surface area contributed by atoms with Crippen molar-refractivity contribution in [3.05, 3.63) is 30.1 Å². The number of nitrogens with two attached hydrogens (primary N) is 1. The average Bonchev–Trinajstić information content (AvgIpc) is 3.89. The molecule has 12 nitrogen and oxygen atoms in total. The minimum absolute atomic E-state index is 0.0551. The lowest BCUT2D eigenvalue weighted by Gasteiger charge is -2.38. The average molecular weight is 651 g/mol. The van der Waals surface area contributed by atoms with E-state index in [0.717, 1.165) is 44.9 Å². The summed E-state index contributed by atoms with van der Waals surface area (Å²) in [5.74, 6) is -3.01. The summed E-state index contributed by atoms with van der Waals surface area (Å²) < 4.78 is 0. The van der Waals surface area contributed by atoms with Crippen LogP contribution in [-0.4, -0.2) is 75.9 Å². The molecule has 1 saturated heterocycles. The van der Waals surface area contributed by atoms with Gasteiger partial charge >= 0.3 is 6.03 Å². The SMILES string of the molecule is CC(C)(C)[C@H](NC(=O)N[C@H](C(=O)c1ccccn1)C1CCCCC1)C(=O)N1C[C@H]2[C@@H]([C@H]1C(=O)NC(CC1CC1)C(=O)C(N)=O)C2(C)C. The fourth-order valence-electron chi connectivity index (χ4n) is 7.82. The van der Waals surface area contributed by atoms with Gasteiger partial charge in [-0.3, -0.25) is 29.0 Å². The number of likely N-dealkylation sites (tertiary alicyclic amines) is 1. The second-order valence-electron chi connectivity index (χ2n) is 15.7. The number of primary amides is 1. The number of fused-ring (bicyclic) bond motifs is 1. The molecule has 3 saturated carbocycles. The van der Waals surface area contributed by atoms with Crippen LogP contribution < -0.4 is 21.7 Å². The molecular formula is C35H50N6O6. The van der Waals surface area contributed by atoms with E-state index in [2.05, 4.69) is 34.8 Å². The van der Waals surface area contributed by atoms with Crippen molar-refractivity contribution >= 4 is 35.3 Å². The monoisotopic (exact) mass is 650 g/mol. The highest BCUT2D eigenvalue weighted by Gasteiger charge is 2.70. The number of carbonyl (C=O) groups excluding carboxylic acids is 6. The van der Waals surface area contributed by atoms with Gasteiger partial charge in [0.25, 0.3) is 5.91 Å². The smallest absolute Gasteiger partial charge is 0.316 e. The number of pyridine rings is 1. The van der Waals surface area contributed by atoms with Gasteiger partial charge in [-0.05, 0) is 65.9 Å². The van der Waals surface area contributed by atoms with Crippen LogP contribution in [0, 0.1) is 34.5 Å². The molecule has 5 N–H and O–H groups in total. The first kappa shape index (κ1) is 34.5. The van der Waals surface area contributed by atoms with Crippen LogP contribution in [0.4, 0.5) is 4.79 Å². The van der Waals surface area contributed by atoms with Crippen molar-refractivity contribution < 1.29 is 28.8 Å². The van der Waals surface area contributed by atoms with Crippen molar-refractivity contribution in [3.63, 3.8) is 0 Å². The van der Waals surface area contributed by atoms with E-state index in [-0.39, 0.29) is 40.6 Å². The van der Waals surface area contributed by atoms with Gasteiger partial charge in [0, 0.05) is 12.7 Å². The van der Waals surface area contributed by atoms with Crippen molar-refractivity contribution in [2.45, 2.75) is 110 Å². The zero-order chi connectivity index (χ0) is 34.3. The number of amides is 5. The molecule has 6 atom stereocenters. The number of urea groups is 1. The maximum absolute atomic E-state index is 14.4. The first-order valence-electron chi connectivity index (χ1n) is 17.1. The third-order valence-corrected chi connectivity index (χ3v) is 10.9. The summed E-state index contributed by atoms with van der Waals surface area (Å²) in [6.45, 7) is 9.93. The molecule has 1 unspecified atom stereocenters. The molecule has 0 spiro atoms. The predicted molar refractivity (Wildman–Crippen MR) is 174 cm³/mol. The van der Waals surface area contributed by atoms with Crippen LogP contribution in [0.3, 0.4) is 0 Å². The Balaban J connectivity index is 1.34. The zero-order valence-electron chi connectivity index (χ0n) is 28.2. The van der Waals surface area contributed by atoms with Crippen LogP contribution in [0.2, 0.25) is 0 Å². The number of carbonyl (C=O) groups is 6. The minimum atomic E-state index is -1.10. The van der Waals surface area contributed by atoms with Crippen LogP contribution >= 0.6 is 0 Å². The van der Waals surface area contributed by atoms with E-state index in [4.69, 9.17) is 5.73 Å². The van der Waals surface area contributed by atoms with Gasteiger partial charge in [-0.2, -0.15) is 0 Å². The van der Waals surface area contributed by atoms with Gasteiger partial charge in [0.2, 0.25) is 23.4 Å². The van der Waals surface area contributed by atoms with Crippen molar-refractivity contribution in [3.8, 4) is 0 Å². The van der Waals surface area contributed by atoms with Crippen LogP contribution in [0.15, 0.2) is 24.4 Å². The van der Waals surface area contributed by atoms with Crippen LogP contribution in [0.25, 0.3) is 0 Å². The van der Waals surface area contributed by atoms with Gasteiger partial charge in [0.15, 0.2) is 0 Å². The Morgan fingerprint density at radius 1 is 0.979 bits per heavy atom. The molecule has 4 fully saturated rings. The number of nitrogens with zero attached hydrogens (tertiary/aromatic N) is 2. The number of Topliss-reactive ketones (excluding diaryl/α,β-unsaturated/α-hetero) is 2. The maximum Gasteiger partial charge on any atom is 0.316 e. The van der Waals surface area contributed by atoms with E-state index >= 15 is 0 Å². The van der Waals surface area contributed by atoms with E-state index in [0.29, 0.717) is 13.0 Å². The van der Waals surface area contributed by atoms with Gasteiger partial charge in [0.1, 0.15) is 17.8 Å². The first-order chi connectivity index (χ1) is 22.1. The summed E-state index contributed by atoms with van der Waals surface area (Å²) in [6.07, 6.45) is 8.32. The number of rotatable bonds is 12. The molecule has 1 aliphatic heterocycles. The third-order valence-electron chi connectivity index (χ3n) is 10.9. The van der Waals surface area contributed by atoms with Gasteiger partial charge in [-0.25, -0.2) is 4.79 Å². The van der Waals surface area contributed by atoms with Crippen LogP contribution in [0.1, 0.15) is 96.5 Å². The molecular weight excluding hydrogens is 600 g/mol. The standard InChI is InChI=1S/C35H50N6O6/c1-34(2,3)29(40-33(47)39-25(20-11-7-6-8-12-20)27(42)22-13-9-10-16-37-22)32(46)41-18-21-24(35(21,4)5)26(41)31(45)38-23(17-19-14-15-19)28(43)30(36)44/h9-10,13,16,19-21,23-26,29H,6-8,11-12,14-15,17-18H2,1-5H3,(H2,36,44)(H,38,45)(H2,39,40,47)/t21-,23?,24-,25-,26-,29+/m0/s1. The summed E-state index contributed by atoms with van der Waals surface area (Å²) in [7, 11) is 0. The second-order valence-corrected chi connectivity index (χ2v) is 15.7. The molecule has 1 aromatic heterocycles. The van der Waals surface area contributed by atoms with E-state index in [1.54, 1.807) is 24.4 Å². The summed E-state index contributed by atoms with van der Waals surface area (Å²) >= 11 is 0. The normalized spacial score (nSPS) is 25.5. The minimum Gasteiger partial charge on any atom is -0.363 e. The zero-order valence-corrected chi connectivity index (χ0v) is 28.2. The Bertz CT molecular complexity index is 1400. The van der Waals surface area contributed by atoms with E-state index in [9.17, 15) is 28.8 Å². The molecule has 3 aliphatic carbocycles. The van der Waals surface area contributed by atoms with E-state index < -0.39 is 59.1 Å². The Hall–Kier alpha value is -3.83. The maximum atomic E-state index is 14.4. The number of hydrogen-bond acceptors (Lipinski definition) is 7. The van der Waals surface area contributed by atoms with Crippen molar-refractivity contribution in [2.24, 2.45) is 40.2 Å². The highest BCUT2D eigenvalue weighted by Crippen LogP contribution is 2.65. The Morgan fingerprint density at radius 2 is 1.66 bits per heavy atom. The Labute approximate surface area is 276 Å². The van der Waals surface area contributed by atoms with Gasteiger partial charge in [0.05, 0.1) is 12.1 Å². The molecule has 1 aromatic rings. The molecule has 5 rings (SSSR count). The van der Waals surface area contributed by atoms with Crippen molar-refractivity contribution in [2.75, 3.05) is 6.54 Å². The number of hydrogen-bond donors (Lipinski definition) is 4. The number of aromatic nitrogens is 1. The van der Waals surface area contributed by atoms with Gasteiger partial charge < -0.3 is 26.6 Å². The number of piperidine rings is 1. The molecule has 2 heterocycles. The largest absolute Gasteiger partial charge is 0.363 e. The van der Waals surface area contributed by atoms with Gasteiger partial charge in [-0.15, -0.1) is 0 Å². The Morgan fingerprint density at radius 3 is 2.23 bits per heavy atom. The fraction of sp³-hybridized carbons (Fsp3) is 0.686.